The fraction of sp³-hybridized carbons (Fsp3) is 0.611. The number of hydrogen-bond acceptors (Lipinski definition) is 2. The Morgan fingerprint density at radius 1 is 1.14 bits per heavy atom. The maximum Gasteiger partial charge on any atom is 0.309 e. The summed E-state index contributed by atoms with van der Waals surface area (Å²) in [6.45, 7) is 9.07. The normalized spacial score (nSPS) is 14.5. The molecule has 2 nitrogen and oxygen atoms in total. The first-order chi connectivity index (χ1) is 9.87. The van der Waals surface area contributed by atoms with Gasteiger partial charge >= 0.3 is 5.97 Å². The number of ether oxygens (including phenoxy) is 1. The topological polar surface area (TPSA) is 26.3 Å². The average molecular weight is 307 g/mol. The molecule has 0 bridgehead atoms. The summed E-state index contributed by atoms with van der Waals surface area (Å²) in [6.07, 6.45) is 5.20. The zero-order valence-electron chi connectivity index (χ0n) is 14.2. The molecule has 0 aliphatic carbocycles. The van der Waals surface area contributed by atoms with E-state index in [1.165, 1.54) is 25.5 Å². The van der Waals surface area contributed by atoms with Crippen LogP contribution in [0.5, 0.6) is 0 Å². The van der Waals surface area contributed by atoms with Crippen molar-refractivity contribution < 1.29 is 9.53 Å². The van der Waals surface area contributed by atoms with Crippen LogP contribution in [-0.4, -0.2) is 21.2 Å². The van der Waals surface area contributed by atoms with Crippen LogP contribution in [-0.2, 0) is 16.0 Å². The molecular weight excluding hydrogens is 276 g/mol. The van der Waals surface area contributed by atoms with Crippen LogP contribution in [0.25, 0.3) is 0 Å². The van der Waals surface area contributed by atoms with Crippen molar-refractivity contribution in [2.75, 3.05) is 7.11 Å². The van der Waals surface area contributed by atoms with Gasteiger partial charge in [-0.25, -0.2) is 0 Å². The van der Waals surface area contributed by atoms with E-state index in [-0.39, 0.29) is 11.0 Å². The summed E-state index contributed by atoms with van der Waals surface area (Å²) in [5, 5.41) is -0.321. The van der Waals surface area contributed by atoms with Crippen molar-refractivity contribution in [3.8, 4) is 0 Å². The Kier molecular flexibility index (Phi) is 6.66. The van der Waals surface area contributed by atoms with Crippen molar-refractivity contribution in [3.05, 3.63) is 35.9 Å². The fourth-order valence-electron chi connectivity index (χ4n) is 3.03. The molecule has 1 rings (SSSR count). The second kappa shape index (κ2) is 7.78. The SMILES string of the molecule is CCCCCC(Cc1ccccc1)(C(=O)OC)[Si](C)(C)C. The number of rotatable bonds is 8. The molecule has 0 aromatic heterocycles. The Morgan fingerprint density at radius 3 is 2.24 bits per heavy atom. The lowest BCUT2D eigenvalue weighted by molar-refractivity contribution is -0.145. The van der Waals surface area contributed by atoms with Crippen LogP contribution in [0.1, 0.15) is 38.2 Å². The molecule has 0 fully saturated rings. The molecule has 0 N–H and O–H groups in total. The molecule has 0 aliphatic heterocycles. The molecule has 0 heterocycles. The number of esters is 1. The Balaban J connectivity index is 3.13. The lowest BCUT2D eigenvalue weighted by Crippen LogP contribution is -2.47. The first-order valence-electron chi connectivity index (χ1n) is 7.99. The first-order valence-corrected chi connectivity index (χ1v) is 11.5. The van der Waals surface area contributed by atoms with Gasteiger partial charge in [-0.1, -0.05) is 76.2 Å². The van der Waals surface area contributed by atoms with Crippen LogP contribution >= 0.6 is 0 Å². The third-order valence-corrected chi connectivity index (χ3v) is 8.07. The standard InChI is InChI=1S/C18H30O2Si/c1-6-7-11-14-18(17(19)20-2,21(3,4)5)15-16-12-9-8-10-13-16/h8-10,12-13H,6-7,11,14-15H2,1-5H3. The first kappa shape index (κ1) is 18.0. The van der Waals surface area contributed by atoms with Gasteiger partial charge in [0.05, 0.1) is 20.2 Å². The van der Waals surface area contributed by atoms with Gasteiger partial charge in [0.25, 0.3) is 0 Å². The molecule has 0 saturated carbocycles. The minimum absolute atomic E-state index is 0.0124. The number of carbonyl (C=O) groups excluding carboxylic acids is 1. The third-order valence-electron chi connectivity index (χ3n) is 4.57. The molecule has 1 aromatic rings. The summed E-state index contributed by atoms with van der Waals surface area (Å²) in [5.74, 6) is -0.0124. The van der Waals surface area contributed by atoms with E-state index in [0.717, 1.165) is 19.3 Å². The molecule has 0 spiro atoms. The Bertz CT molecular complexity index is 436. The molecule has 0 amide bonds. The maximum atomic E-state index is 12.7. The van der Waals surface area contributed by atoms with Gasteiger partial charge in [-0.3, -0.25) is 4.79 Å². The van der Waals surface area contributed by atoms with Gasteiger partial charge in [0.1, 0.15) is 0 Å². The highest BCUT2D eigenvalue weighted by Crippen LogP contribution is 2.47. The van der Waals surface area contributed by atoms with Crippen molar-refractivity contribution in [2.24, 2.45) is 0 Å². The third kappa shape index (κ3) is 4.44. The van der Waals surface area contributed by atoms with Gasteiger partial charge < -0.3 is 4.74 Å². The summed E-state index contributed by atoms with van der Waals surface area (Å²) in [5.41, 5.74) is 1.24. The molecule has 3 heteroatoms. The van der Waals surface area contributed by atoms with E-state index < -0.39 is 8.07 Å². The maximum absolute atomic E-state index is 12.7. The second-order valence-corrected chi connectivity index (χ2v) is 12.4. The minimum Gasteiger partial charge on any atom is -0.469 e. The van der Waals surface area contributed by atoms with Gasteiger partial charge in [-0.2, -0.15) is 0 Å². The molecule has 118 valence electrons. The van der Waals surface area contributed by atoms with E-state index in [2.05, 4.69) is 38.7 Å². The summed E-state index contributed by atoms with van der Waals surface area (Å²) < 4.78 is 5.24. The minimum atomic E-state index is -1.73. The highest BCUT2D eigenvalue weighted by molar-refractivity contribution is 6.82. The van der Waals surface area contributed by atoms with Crippen molar-refractivity contribution in [1.82, 2.24) is 0 Å². The van der Waals surface area contributed by atoms with E-state index in [1.807, 2.05) is 18.2 Å². The van der Waals surface area contributed by atoms with Crippen LogP contribution in [0.4, 0.5) is 0 Å². The molecule has 0 aliphatic rings. The van der Waals surface area contributed by atoms with Crippen molar-refractivity contribution in [3.63, 3.8) is 0 Å². The van der Waals surface area contributed by atoms with Gasteiger partial charge in [0, 0.05) is 0 Å². The van der Waals surface area contributed by atoms with Crippen molar-refractivity contribution in [2.45, 2.75) is 63.7 Å². The lowest BCUT2D eigenvalue weighted by atomic mass is 9.92. The summed E-state index contributed by atoms with van der Waals surface area (Å²) >= 11 is 0. The highest BCUT2D eigenvalue weighted by Gasteiger charge is 2.49. The number of methoxy groups -OCH3 is 1. The predicted molar refractivity (Wildman–Crippen MR) is 92.3 cm³/mol. The van der Waals surface area contributed by atoms with E-state index in [4.69, 9.17) is 4.74 Å². The van der Waals surface area contributed by atoms with Crippen LogP contribution in [0.3, 0.4) is 0 Å². The summed E-state index contributed by atoms with van der Waals surface area (Å²) in [7, 11) is -0.198. The number of hydrogen-bond donors (Lipinski definition) is 0. The molecule has 0 saturated heterocycles. The summed E-state index contributed by atoms with van der Waals surface area (Å²) in [6, 6.07) is 10.4. The smallest absolute Gasteiger partial charge is 0.309 e. The lowest BCUT2D eigenvalue weighted by Gasteiger charge is -2.41. The van der Waals surface area contributed by atoms with Gasteiger partial charge in [-0.15, -0.1) is 0 Å². The molecule has 1 atom stereocenters. The van der Waals surface area contributed by atoms with Crippen molar-refractivity contribution in [1.29, 1.82) is 0 Å². The molecular formula is C18H30O2Si. The van der Waals surface area contributed by atoms with Gasteiger partial charge in [-0.05, 0) is 18.4 Å². The Hall–Kier alpha value is -1.09. The average Bonchev–Trinajstić information content (AvgIpc) is 2.45. The number of benzene rings is 1. The van der Waals surface area contributed by atoms with Crippen LogP contribution < -0.4 is 0 Å². The van der Waals surface area contributed by atoms with Gasteiger partial charge in [0.2, 0.25) is 0 Å². The predicted octanol–water partition coefficient (Wildman–Crippen LogP) is 5.06. The zero-order valence-corrected chi connectivity index (χ0v) is 15.2. The van der Waals surface area contributed by atoms with E-state index >= 15 is 0 Å². The van der Waals surface area contributed by atoms with E-state index in [9.17, 15) is 4.79 Å². The Labute approximate surface area is 130 Å². The van der Waals surface area contributed by atoms with Gasteiger partial charge in [0.15, 0.2) is 0 Å². The van der Waals surface area contributed by atoms with Crippen LogP contribution in [0.15, 0.2) is 30.3 Å². The monoisotopic (exact) mass is 306 g/mol. The molecule has 1 unspecified atom stereocenters. The fourth-order valence-corrected chi connectivity index (χ4v) is 5.40. The number of unbranched alkanes of at least 4 members (excludes halogenated alkanes) is 2. The van der Waals surface area contributed by atoms with Crippen molar-refractivity contribution >= 4 is 14.0 Å². The molecule has 21 heavy (non-hydrogen) atoms. The van der Waals surface area contributed by atoms with E-state index in [0.29, 0.717) is 0 Å². The summed E-state index contributed by atoms with van der Waals surface area (Å²) in [4.78, 5) is 12.7. The van der Waals surface area contributed by atoms with E-state index in [1.54, 1.807) is 0 Å². The second-order valence-electron chi connectivity index (χ2n) is 6.94. The quantitative estimate of drug-likeness (QED) is 0.381. The largest absolute Gasteiger partial charge is 0.469 e. The van der Waals surface area contributed by atoms with Crippen LogP contribution in [0.2, 0.25) is 24.7 Å². The Morgan fingerprint density at radius 2 is 1.76 bits per heavy atom. The van der Waals surface area contributed by atoms with Crippen LogP contribution in [0, 0.1) is 0 Å². The highest BCUT2D eigenvalue weighted by atomic mass is 28.3. The number of carbonyl (C=O) groups is 1. The molecule has 1 aromatic carbocycles. The zero-order chi connectivity index (χ0) is 15.9. The molecule has 0 radical (unpaired) electrons.